The Labute approximate surface area is 107 Å². The van der Waals surface area contributed by atoms with Crippen molar-refractivity contribution in [3.05, 3.63) is 29.6 Å². The summed E-state index contributed by atoms with van der Waals surface area (Å²) in [4.78, 5) is 2.00. The molecule has 100 valence electrons. The molecule has 0 radical (unpaired) electrons. The van der Waals surface area contributed by atoms with Crippen LogP contribution in [-0.4, -0.2) is 24.3 Å². The van der Waals surface area contributed by atoms with Crippen LogP contribution >= 0.6 is 0 Å². The van der Waals surface area contributed by atoms with Gasteiger partial charge in [0.1, 0.15) is 5.82 Å². The second-order valence-electron chi connectivity index (χ2n) is 5.23. The van der Waals surface area contributed by atoms with Crippen molar-refractivity contribution in [2.24, 2.45) is 11.7 Å². The zero-order valence-corrected chi connectivity index (χ0v) is 10.9. The van der Waals surface area contributed by atoms with E-state index in [9.17, 15) is 9.50 Å². The molecular weight excluding hydrogens is 231 g/mol. The highest BCUT2D eigenvalue weighted by Crippen LogP contribution is 2.29. The van der Waals surface area contributed by atoms with E-state index in [0.717, 1.165) is 18.5 Å². The quantitative estimate of drug-likeness (QED) is 0.865. The summed E-state index contributed by atoms with van der Waals surface area (Å²) in [5.74, 6) is 0.00792. The van der Waals surface area contributed by atoms with Crippen molar-refractivity contribution >= 4 is 5.69 Å². The third-order valence-corrected chi connectivity index (χ3v) is 3.75. The number of rotatable bonds is 3. The standard InChI is InChI=1S/C14H21FN2O/c1-9(16)11-3-4-14(13(15)7-11)17-6-5-12(8-17)10(2)18/h3-4,7,9-10,12,18H,5-6,8,16H2,1-2H3. The summed E-state index contributed by atoms with van der Waals surface area (Å²) in [7, 11) is 0. The van der Waals surface area contributed by atoms with Gasteiger partial charge in [0, 0.05) is 25.0 Å². The van der Waals surface area contributed by atoms with Crippen LogP contribution in [0.15, 0.2) is 18.2 Å². The average Bonchev–Trinajstić information content (AvgIpc) is 2.78. The maximum atomic E-state index is 14.0. The number of aliphatic hydroxyl groups excluding tert-OH is 1. The number of aliphatic hydroxyl groups is 1. The maximum Gasteiger partial charge on any atom is 0.146 e. The van der Waals surface area contributed by atoms with E-state index in [2.05, 4.69) is 0 Å². The van der Waals surface area contributed by atoms with Crippen molar-refractivity contribution < 1.29 is 9.50 Å². The van der Waals surface area contributed by atoms with Crippen molar-refractivity contribution in [3.63, 3.8) is 0 Å². The first kappa shape index (κ1) is 13.3. The van der Waals surface area contributed by atoms with Gasteiger partial charge >= 0.3 is 0 Å². The predicted molar refractivity (Wildman–Crippen MR) is 71.0 cm³/mol. The number of hydrogen-bond donors (Lipinski definition) is 2. The number of nitrogens with two attached hydrogens (primary N) is 1. The fourth-order valence-electron chi connectivity index (χ4n) is 2.46. The van der Waals surface area contributed by atoms with Crippen molar-refractivity contribution in [3.8, 4) is 0 Å². The van der Waals surface area contributed by atoms with Gasteiger partial charge in [-0.05, 0) is 38.0 Å². The van der Waals surface area contributed by atoms with Crippen molar-refractivity contribution in [1.82, 2.24) is 0 Å². The lowest BCUT2D eigenvalue weighted by Crippen LogP contribution is -2.24. The number of hydrogen-bond acceptors (Lipinski definition) is 3. The molecule has 1 saturated heterocycles. The van der Waals surface area contributed by atoms with Crippen LogP contribution in [0.2, 0.25) is 0 Å². The fraction of sp³-hybridized carbons (Fsp3) is 0.571. The van der Waals surface area contributed by atoms with E-state index in [1.165, 1.54) is 6.07 Å². The molecule has 0 amide bonds. The number of anilines is 1. The lowest BCUT2D eigenvalue weighted by atomic mass is 10.0. The van der Waals surface area contributed by atoms with Crippen LogP contribution in [-0.2, 0) is 0 Å². The molecule has 1 aliphatic heterocycles. The third kappa shape index (κ3) is 2.65. The molecule has 1 aromatic carbocycles. The maximum absolute atomic E-state index is 14.0. The largest absolute Gasteiger partial charge is 0.393 e. The Morgan fingerprint density at radius 1 is 1.44 bits per heavy atom. The summed E-state index contributed by atoms with van der Waals surface area (Å²) in [6.07, 6.45) is 0.577. The molecular formula is C14H21FN2O. The zero-order chi connectivity index (χ0) is 13.3. The Hall–Kier alpha value is -1.13. The molecule has 3 unspecified atom stereocenters. The summed E-state index contributed by atoms with van der Waals surface area (Å²) in [6, 6.07) is 5.02. The minimum Gasteiger partial charge on any atom is -0.393 e. The molecule has 1 heterocycles. The van der Waals surface area contributed by atoms with Crippen LogP contribution in [0, 0.1) is 11.7 Å². The van der Waals surface area contributed by atoms with Crippen LogP contribution in [0.1, 0.15) is 31.9 Å². The first-order valence-electron chi connectivity index (χ1n) is 6.47. The first-order valence-corrected chi connectivity index (χ1v) is 6.47. The fourth-order valence-corrected chi connectivity index (χ4v) is 2.46. The molecule has 1 fully saturated rings. The summed E-state index contributed by atoms with van der Waals surface area (Å²) in [6.45, 7) is 5.15. The van der Waals surface area contributed by atoms with Crippen LogP contribution < -0.4 is 10.6 Å². The van der Waals surface area contributed by atoms with Gasteiger partial charge in [0.2, 0.25) is 0 Å². The van der Waals surface area contributed by atoms with Gasteiger partial charge in [-0.1, -0.05) is 6.07 Å². The van der Waals surface area contributed by atoms with E-state index in [1.54, 1.807) is 13.0 Å². The van der Waals surface area contributed by atoms with Crippen LogP contribution in [0.25, 0.3) is 0 Å². The normalized spacial score (nSPS) is 23.2. The Kier molecular flexibility index (Phi) is 3.88. The molecule has 0 bridgehead atoms. The van der Waals surface area contributed by atoms with Gasteiger partial charge < -0.3 is 15.7 Å². The SMILES string of the molecule is CC(N)c1ccc(N2CCC(C(C)O)C2)c(F)c1. The molecule has 3 nitrogen and oxygen atoms in total. The van der Waals surface area contributed by atoms with Crippen molar-refractivity contribution in [1.29, 1.82) is 0 Å². The van der Waals surface area contributed by atoms with E-state index in [-0.39, 0.29) is 23.9 Å². The highest BCUT2D eigenvalue weighted by molar-refractivity contribution is 5.50. The topological polar surface area (TPSA) is 49.5 Å². The monoisotopic (exact) mass is 252 g/mol. The molecule has 3 N–H and O–H groups in total. The van der Waals surface area contributed by atoms with Gasteiger partial charge in [-0.3, -0.25) is 0 Å². The third-order valence-electron chi connectivity index (χ3n) is 3.75. The number of halogens is 1. The molecule has 2 rings (SSSR count). The van der Waals surface area contributed by atoms with Gasteiger partial charge in [0.25, 0.3) is 0 Å². The Balaban J connectivity index is 2.15. The van der Waals surface area contributed by atoms with Crippen LogP contribution in [0.3, 0.4) is 0 Å². The van der Waals surface area contributed by atoms with Gasteiger partial charge in [0.05, 0.1) is 11.8 Å². The minimum absolute atomic E-state index is 0.155. The molecule has 0 saturated carbocycles. The lowest BCUT2D eigenvalue weighted by Gasteiger charge is -2.21. The van der Waals surface area contributed by atoms with E-state index in [4.69, 9.17) is 5.73 Å². The minimum atomic E-state index is -0.332. The van der Waals surface area contributed by atoms with Gasteiger partial charge in [-0.15, -0.1) is 0 Å². The molecule has 1 aromatic rings. The molecule has 0 spiro atoms. The highest BCUT2D eigenvalue weighted by Gasteiger charge is 2.27. The molecule has 4 heteroatoms. The van der Waals surface area contributed by atoms with Gasteiger partial charge in [0.15, 0.2) is 0 Å². The molecule has 0 aliphatic carbocycles. The van der Waals surface area contributed by atoms with E-state index in [1.807, 2.05) is 17.9 Å². The summed E-state index contributed by atoms with van der Waals surface area (Å²) >= 11 is 0. The van der Waals surface area contributed by atoms with Crippen LogP contribution in [0.5, 0.6) is 0 Å². The zero-order valence-electron chi connectivity index (χ0n) is 10.9. The summed E-state index contributed by atoms with van der Waals surface area (Å²) in [5, 5.41) is 9.57. The van der Waals surface area contributed by atoms with E-state index >= 15 is 0 Å². The Morgan fingerprint density at radius 3 is 2.67 bits per heavy atom. The number of benzene rings is 1. The predicted octanol–water partition coefficient (Wildman–Crippen LogP) is 2.05. The Morgan fingerprint density at radius 2 is 2.17 bits per heavy atom. The van der Waals surface area contributed by atoms with Gasteiger partial charge in [-0.25, -0.2) is 4.39 Å². The van der Waals surface area contributed by atoms with Crippen LogP contribution in [0.4, 0.5) is 10.1 Å². The van der Waals surface area contributed by atoms with Crippen molar-refractivity contribution in [2.45, 2.75) is 32.4 Å². The van der Waals surface area contributed by atoms with Gasteiger partial charge in [-0.2, -0.15) is 0 Å². The second-order valence-corrected chi connectivity index (χ2v) is 5.23. The highest BCUT2D eigenvalue weighted by atomic mass is 19.1. The average molecular weight is 252 g/mol. The number of nitrogens with zero attached hydrogens (tertiary/aromatic N) is 1. The lowest BCUT2D eigenvalue weighted by molar-refractivity contribution is 0.136. The first-order chi connectivity index (χ1) is 8.49. The van der Waals surface area contributed by atoms with E-state index < -0.39 is 0 Å². The molecule has 0 aromatic heterocycles. The summed E-state index contributed by atoms with van der Waals surface area (Å²) < 4.78 is 14.0. The Bertz CT molecular complexity index is 420. The smallest absolute Gasteiger partial charge is 0.146 e. The second kappa shape index (κ2) is 5.24. The van der Waals surface area contributed by atoms with E-state index in [0.29, 0.717) is 12.2 Å². The molecule has 1 aliphatic rings. The van der Waals surface area contributed by atoms with Crippen molar-refractivity contribution in [2.75, 3.05) is 18.0 Å². The molecule has 18 heavy (non-hydrogen) atoms. The molecule has 3 atom stereocenters. The summed E-state index contributed by atoms with van der Waals surface area (Å²) in [5.41, 5.74) is 7.16.